The number of aliphatic hydroxyl groups is 1. The molecule has 2 aromatic carbocycles. The summed E-state index contributed by atoms with van der Waals surface area (Å²) in [4.78, 5) is 11.8. The van der Waals surface area contributed by atoms with Crippen molar-refractivity contribution in [1.82, 2.24) is 10.6 Å². The Morgan fingerprint density at radius 1 is 1.17 bits per heavy atom. The van der Waals surface area contributed by atoms with E-state index in [9.17, 15) is 14.3 Å². The van der Waals surface area contributed by atoms with Gasteiger partial charge in [-0.2, -0.15) is 0 Å². The fourth-order valence-electron chi connectivity index (χ4n) is 2.23. The summed E-state index contributed by atoms with van der Waals surface area (Å²) in [6.07, 6.45) is -0.666. The lowest BCUT2D eigenvalue weighted by Gasteiger charge is -2.24. The van der Waals surface area contributed by atoms with Crippen molar-refractivity contribution in [2.75, 3.05) is 13.7 Å². The largest absolute Gasteiger partial charge is 0.394 e. The van der Waals surface area contributed by atoms with Crippen LogP contribution in [0.4, 0.5) is 4.39 Å². The molecule has 3 N–H and O–H groups in total. The third kappa shape index (κ3) is 4.86. The first-order valence-corrected chi connectivity index (χ1v) is 7.64. The topological polar surface area (TPSA) is 70.6 Å². The van der Waals surface area contributed by atoms with E-state index in [0.717, 1.165) is 5.56 Å². The molecule has 0 aromatic heterocycles. The van der Waals surface area contributed by atoms with Crippen LogP contribution in [0, 0.1) is 5.82 Å². The van der Waals surface area contributed by atoms with E-state index < -0.39 is 12.3 Å². The van der Waals surface area contributed by atoms with Gasteiger partial charge in [0.05, 0.1) is 13.2 Å². The lowest BCUT2D eigenvalue weighted by Crippen LogP contribution is -2.47. The number of hydrogen-bond acceptors (Lipinski definition) is 4. The number of benzene rings is 2. The molecule has 0 saturated carbocycles. The Morgan fingerprint density at radius 3 is 2.46 bits per heavy atom. The van der Waals surface area contributed by atoms with Crippen LogP contribution in [0.1, 0.15) is 17.4 Å². The normalized spacial score (nSPS) is 13.3. The molecule has 0 bridgehead atoms. The third-order valence-electron chi connectivity index (χ3n) is 3.56. The summed E-state index contributed by atoms with van der Waals surface area (Å²) in [5, 5.41) is 14.8. The van der Waals surface area contributed by atoms with Crippen molar-refractivity contribution in [1.29, 1.82) is 0 Å². The molecule has 24 heavy (non-hydrogen) atoms. The third-order valence-corrected chi connectivity index (χ3v) is 3.56. The Bertz CT molecular complexity index is 652. The van der Waals surface area contributed by atoms with E-state index in [0.29, 0.717) is 5.56 Å². The first-order valence-electron chi connectivity index (χ1n) is 7.64. The van der Waals surface area contributed by atoms with Crippen LogP contribution in [-0.4, -0.2) is 30.7 Å². The Hall–Kier alpha value is -2.28. The van der Waals surface area contributed by atoms with Crippen molar-refractivity contribution in [3.63, 3.8) is 0 Å². The molecule has 0 aliphatic rings. The molecule has 2 atom stereocenters. The van der Waals surface area contributed by atoms with E-state index in [1.807, 2.05) is 30.3 Å². The molecule has 0 fully saturated rings. The van der Waals surface area contributed by atoms with Crippen LogP contribution >= 0.6 is 0 Å². The number of hydrogen-bond donors (Lipinski definition) is 3. The van der Waals surface area contributed by atoms with Crippen molar-refractivity contribution in [3.05, 3.63) is 71.5 Å². The average molecular weight is 332 g/mol. The molecule has 5 nitrogen and oxygen atoms in total. The first kappa shape index (κ1) is 18.1. The number of nitrogens with one attached hydrogen (secondary N) is 2. The van der Waals surface area contributed by atoms with Crippen molar-refractivity contribution in [2.24, 2.45) is 0 Å². The minimum absolute atomic E-state index is 0.0329. The summed E-state index contributed by atoms with van der Waals surface area (Å²) >= 11 is 0. The van der Waals surface area contributed by atoms with Crippen LogP contribution in [0.2, 0.25) is 0 Å². The van der Waals surface area contributed by atoms with Gasteiger partial charge in [0, 0.05) is 12.6 Å². The van der Waals surface area contributed by atoms with Crippen LogP contribution in [0.15, 0.2) is 54.6 Å². The van der Waals surface area contributed by atoms with Crippen molar-refractivity contribution >= 4 is 5.91 Å². The zero-order chi connectivity index (χ0) is 17.4. The average Bonchev–Trinajstić information content (AvgIpc) is 2.63. The second-order valence-corrected chi connectivity index (χ2v) is 5.21. The fraction of sp³-hybridized carbons (Fsp3) is 0.278. The lowest BCUT2D eigenvalue weighted by molar-refractivity contribution is -0.125. The second kappa shape index (κ2) is 9.12. The quantitative estimate of drug-likeness (QED) is 0.644. The standard InChI is InChI=1S/C18H21FN2O3/c1-20-17(23)16(11-22)21-18(13-7-3-2-4-8-13)24-12-14-9-5-6-10-15(14)19/h2-10,16,18,21-22H,11-12H2,1H3,(H,20,23). The molecule has 2 rings (SSSR count). The zero-order valence-corrected chi connectivity index (χ0v) is 13.4. The van der Waals surface area contributed by atoms with Gasteiger partial charge in [-0.05, 0) is 11.6 Å². The molecule has 0 spiro atoms. The molecular weight excluding hydrogens is 311 g/mol. The van der Waals surface area contributed by atoms with Gasteiger partial charge in [0.1, 0.15) is 18.1 Å². The number of halogens is 1. The van der Waals surface area contributed by atoms with E-state index in [1.54, 1.807) is 18.2 Å². The highest BCUT2D eigenvalue weighted by molar-refractivity contribution is 5.81. The van der Waals surface area contributed by atoms with Crippen molar-refractivity contribution in [2.45, 2.75) is 18.9 Å². The van der Waals surface area contributed by atoms with Gasteiger partial charge >= 0.3 is 0 Å². The number of ether oxygens (including phenoxy) is 1. The summed E-state index contributed by atoms with van der Waals surface area (Å²) < 4.78 is 19.5. The molecule has 0 saturated heterocycles. The van der Waals surface area contributed by atoms with Crippen LogP contribution in [0.5, 0.6) is 0 Å². The predicted molar refractivity (Wildman–Crippen MR) is 88.4 cm³/mol. The summed E-state index contributed by atoms with van der Waals surface area (Å²) in [6.45, 7) is -0.350. The van der Waals surface area contributed by atoms with Gasteiger partial charge in [0.2, 0.25) is 5.91 Å². The van der Waals surface area contributed by atoms with Crippen LogP contribution in [-0.2, 0) is 16.1 Å². The lowest BCUT2D eigenvalue weighted by atomic mass is 10.1. The molecule has 128 valence electrons. The Morgan fingerprint density at radius 2 is 1.83 bits per heavy atom. The molecule has 1 amide bonds. The zero-order valence-electron chi connectivity index (χ0n) is 13.4. The highest BCUT2D eigenvalue weighted by atomic mass is 19.1. The molecule has 2 unspecified atom stereocenters. The molecule has 0 heterocycles. The van der Waals surface area contributed by atoms with Crippen LogP contribution in [0.3, 0.4) is 0 Å². The summed E-state index contributed by atoms with van der Waals surface area (Å²) in [5.74, 6) is -0.706. The van der Waals surface area contributed by atoms with Crippen molar-refractivity contribution in [3.8, 4) is 0 Å². The minimum Gasteiger partial charge on any atom is -0.394 e. The number of likely N-dealkylation sites (N-methyl/N-ethyl adjacent to an activating group) is 1. The van der Waals surface area contributed by atoms with Gasteiger partial charge in [-0.1, -0.05) is 48.5 Å². The van der Waals surface area contributed by atoms with E-state index in [-0.39, 0.29) is 24.9 Å². The van der Waals surface area contributed by atoms with Gasteiger partial charge in [0.25, 0.3) is 0 Å². The second-order valence-electron chi connectivity index (χ2n) is 5.21. The Balaban J connectivity index is 2.14. The number of carbonyl (C=O) groups is 1. The van der Waals surface area contributed by atoms with Gasteiger partial charge in [-0.3, -0.25) is 10.1 Å². The number of amides is 1. The van der Waals surface area contributed by atoms with E-state index in [2.05, 4.69) is 10.6 Å². The van der Waals surface area contributed by atoms with Crippen LogP contribution in [0.25, 0.3) is 0 Å². The minimum atomic E-state index is -0.833. The maximum absolute atomic E-state index is 13.7. The molecule has 0 radical (unpaired) electrons. The monoisotopic (exact) mass is 332 g/mol. The molecule has 6 heteroatoms. The predicted octanol–water partition coefficient (Wildman–Crippen LogP) is 1.74. The van der Waals surface area contributed by atoms with Gasteiger partial charge in [-0.15, -0.1) is 0 Å². The van der Waals surface area contributed by atoms with Gasteiger partial charge < -0.3 is 15.2 Å². The summed E-state index contributed by atoms with van der Waals surface area (Å²) in [7, 11) is 1.49. The molecule has 0 aliphatic heterocycles. The molecular formula is C18H21FN2O3. The molecule has 0 aliphatic carbocycles. The number of carbonyl (C=O) groups excluding carboxylic acids is 1. The first-order chi connectivity index (χ1) is 11.7. The SMILES string of the molecule is CNC(=O)C(CO)NC(OCc1ccccc1F)c1ccccc1. The number of aliphatic hydroxyl groups excluding tert-OH is 1. The van der Waals surface area contributed by atoms with Crippen LogP contribution < -0.4 is 10.6 Å². The van der Waals surface area contributed by atoms with E-state index in [1.165, 1.54) is 13.1 Å². The highest BCUT2D eigenvalue weighted by Crippen LogP contribution is 2.18. The Labute approximate surface area is 140 Å². The fourth-order valence-corrected chi connectivity index (χ4v) is 2.23. The summed E-state index contributed by atoms with van der Waals surface area (Å²) in [5.41, 5.74) is 1.19. The smallest absolute Gasteiger partial charge is 0.239 e. The highest BCUT2D eigenvalue weighted by Gasteiger charge is 2.22. The van der Waals surface area contributed by atoms with Crippen molar-refractivity contribution < 1.29 is 19.0 Å². The van der Waals surface area contributed by atoms with Gasteiger partial charge in [0.15, 0.2) is 0 Å². The Kier molecular flexibility index (Phi) is 6.87. The van der Waals surface area contributed by atoms with E-state index in [4.69, 9.17) is 4.74 Å². The maximum Gasteiger partial charge on any atom is 0.239 e. The van der Waals surface area contributed by atoms with Gasteiger partial charge in [-0.25, -0.2) is 4.39 Å². The number of rotatable bonds is 8. The molecule has 2 aromatic rings. The maximum atomic E-state index is 13.7. The van der Waals surface area contributed by atoms with E-state index >= 15 is 0 Å². The summed E-state index contributed by atoms with van der Waals surface area (Å²) in [6, 6.07) is 14.7.